The third-order valence-corrected chi connectivity index (χ3v) is 1.62. The Morgan fingerprint density at radius 3 is 2.07 bits per heavy atom. The molecule has 1 aromatic carbocycles. The highest BCUT2D eigenvalue weighted by molar-refractivity contribution is 7.76. The van der Waals surface area contributed by atoms with Crippen molar-refractivity contribution in [3.8, 4) is 0 Å². The van der Waals surface area contributed by atoms with Crippen LogP contribution >= 0.6 is 0 Å². The molecular formula is C9H15N2O2S-. The highest BCUT2D eigenvalue weighted by atomic mass is 32.2. The molecule has 0 bridgehead atoms. The zero-order chi connectivity index (χ0) is 11.1. The van der Waals surface area contributed by atoms with E-state index >= 15 is 0 Å². The van der Waals surface area contributed by atoms with E-state index < -0.39 is 11.3 Å². The molecule has 0 radical (unpaired) electrons. The second-order valence-corrected chi connectivity index (χ2v) is 3.57. The number of nitrogen functional groups attached to an aromatic ring is 1. The summed E-state index contributed by atoms with van der Waals surface area (Å²) in [5.41, 5.74) is 7.86. The van der Waals surface area contributed by atoms with E-state index in [1.807, 2.05) is 18.2 Å². The smallest absolute Gasteiger partial charge is 0.0349 e. The Morgan fingerprint density at radius 1 is 1.36 bits per heavy atom. The number of rotatable bonds is 1. The Hall–Kier alpha value is -0.910. The normalized spacial score (nSPS) is 11.8. The second kappa shape index (κ2) is 6.53. The summed E-state index contributed by atoms with van der Waals surface area (Å²) in [7, 11) is 0. The molecule has 0 fully saturated rings. The molecule has 1 rings (SSSR count). The van der Waals surface area contributed by atoms with Gasteiger partial charge in [0, 0.05) is 17.0 Å². The topological polar surface area (TPSA) is 92.2 Å². The van der Waals surface area contributed by atoms with Crippen LogP contribution in [0.5, 0.6) is 0 Å². The van der Waals surface area contributed by atoms with Crippen molar-refractivity contribution in [3.05, 3.63) is 29.8 Å². The van der Waals surface area contributed by atoms with Gasteiger partial charge < -0.3 is 10.3 Å². The molecule has 14 heavy (non-hydrogen) atoms. The van der Waals surface area contributed by atoms with Crippen LogP contribution in [-0.4, -0.2) is 8.76 Å². The molecule has 0 saturated heterocycles. The van der Waals surface area contributed by atoms with Crippen LogP contribution in [-0.2, 0) is 11.3 Å². The second-order valence-electron chi connectivity index (χ2n) is 3.04. The van der Waals surface area contributed by atoms with Crippen molar-refractivity contribution >= 4 is 17.0 Å². The summed E-state index contributed by atoms with van der Waals surface area (Å²) in [4.78, 5) is 0. The molecule has 0 spiro atoms. The van der Waals surface area contributed by atoms with E-state index in [0.717, 1.165) is 5.69 Å². The SMILES string of the molecule is CC(C)c1ccccc1N.NS(=O)[O-]. The third kappa shape index (κ3) is 5.69. The van der Waals surface area contributed by atoms with Gasteiger partial charge in [-0.05, 0) is 17.5 Å². The first-order chi connectivity index (χ1) is 6.45. The summed E-state index contributed by atoms with van der Waals surface area (Å²) in [5, 5.41) is 4.03. The van der Waals surface area contributed by atoms with E-state index in [1.54, 1.807) is 0 Å². The molecule has 0 saturated carbocycles. The summed E-state index contributed by atoms with van der Waals surface area (Å²) in [5.74, 6) is 0.529. The predicted octanol–water partition coefficient (Wildman–Crippen LogP) is 1.13. The fourth-order valence-electron chi connectivity index (χ4n) is 1.04. The van der Waals surface area contributed by atoms with Gasteiger partial charge in [0.1, 0.15) is 0 Å². The zero-order valence-electron chi connectivity index (χ0n) is 8.27. The minimum atomic E-state index is -2.36. The van der Waals surface area contributed by atoms with Crippen LogP contribution in [0.3, 0.4) is 0 Å². The molecule has 0 aromatic heterocycles. The molecule has 0 amide bonds. The molecule has 0 aliphatic carbocycles. The Morgan fingerprint density at radius 2 is 1.79 bits per heavy atom. The highest BCUT2D eigenvalue weighted by Gasteiger charge is 2.00. The molecule has 1 atom stereocenters. The summed E-state index contributed by atoms with van der Waals surface area (Å²) >= 11 is -2.36. The average Bonchev–Trinajstić information content (AvgIpc) is 2.03. The van der Waals surface area contributed by atoms with Crippen molar-refractivity contribution in [2.75, 3.05) is 5.73 Å². The Labute approximate surface area is 86.7 Å². The number of hydrogen-bond donors (Lipinski definition) is 2. The monoisotopic (exact) mass is 215 g/mol. The fourth-order valence-corrected chi connectivity index (χ4v) is 1.04. The molecule has 4 nitrogen and oxygen atoms in total. The molecule has 5 heteroatoms. The minimum Gasteiger partial charge on any atom is -0.760 e. The van der Waals surface area contributed by atoms with Crippen molar-refractivity contribution in [1.82, 2.24) is 0 Å². The van der Waals surface area contributed by atoms with E-state index in [1.165, 1.54) is 5.56 Å². The first-order valence-corrected chi connectivity index (χ1v) is 5.27. The zero-order valence-corrected chi connectivity index (χ0v) is 9.08. The standard InChI is InChI=1S/C9H13N.H3NO2S/c1-7(2)8-5-3-4-6-9(8)10;1-4(2)3/h3-7H,10H2,1-2H3;1H2,(H,2,3)/p-1. The van der Waals surface area contributed by atoms with Crippen LogP contribution in [0.4, 0.5) is 5.69 Å². The molecule has 4 N–H and O–H groups in total. The molecule has 0 aliphatic heterocycles. The lowest BCUT2D eigenvalue weighted by Gasteiger charge is -2.07. The Kier molecular flexibility index (Phi) is 6.11. The first-order valence-electron chi connectivity index (χ1n) is 4.13. The van der Waals surface area contributed by atoms with Gasteiger partial charge in [0.25, 0.3) is 0 Å². The summed E-state index contributed by atoms with van der Waals surface area (Å²) in [6, 6.07) is 7.99. The molecular weight excluding hydrogens is 200 g/mol. The Bertz CT molecular complexity index is 299. The number of benzene rings is 1. The van der Waals surface area contributed by atoms with Gasteiger partial charge in [0.2, 0.25) is 0 Å². The molecule has 80 valence electrons. The van der Waals surface area contributed by atoms with Crippen LogP contribution < -0.4 is 10.9 Å². The van der Waals surface area contributed by atoms with Crippen molar-refractivity contribution < 1.29 is 8.76 Å². The van der Waals surface area contributed by atoms with Gasteiger partial charge in [-0.25, -0.2) is 0 Å². The van der Waals surface area contributed by atoms with Gasteiger partial charge in [0.05, 0.1) is 0 Å². The van der Waals surface area contributed by atoms with Crippen molar-refractivity contribution in [3.63, 3.8) is 0 Å². The van der Waals surface area contributed by atoms with Gasteiger partial charge in [-0.2, -0.15) is 0 Å². The van der Waals surface area contributed by atoms with Crippen LogP contribution in [0.15, 0.2) is 24.3 Å². The van der Waals surface area contributed by atoms with Crippen molar-refractivity contribution in [2.45, 2.75) is 19.8 Å². The summed E-state index contributed by atoms with van der Waals surface area (Å²) in [6.45, 7) is 4.29. The summed E-state index contributed by atoms with van der Waals surface area (Å²) < 4.78 is 17.6. The minimum absolute atomic E-state index is 0.529. The van der Waals surface area contributed by atoms with Gasteiger partial charge in [-0.1, -0.05) is 32.0 Å². The van der Waals surface area contributed by atoms with Crippen LogP contribution in [0.1, 0.15) is 25.3 Å². The molecule has 0 aliphatic rings. The maximum absolute atomic E-state index is 8.78. The number of para-hydroxylation sites is 1. The van der Waals surface area contributed by atoms with E-state index in [9.17, 15) is 0 Å². The predicted molar refractivity (Wildman–Crippen MR) is 58.1 cm³/mol. The Balaban J connectivity index is 0.000000364. The maximum Gasteiger partial charge on any atom is 0.0349 e. The lowest BCUT2D eigenvalue weighted by atomic mass is 10.0. The van der Waals surface area contributed by atoms with E-state index in [4.69, 9.17) is 14.5 Å². The van der Waals surface area contributed by atoms with E-state index in [0.29, 0.717) is 5.92 Å². The quantitative estimate of drug-likeness (QED) is 0.543. The van der Waals surface area contributed by atoms with Crippen LogP contribution in [0.2, 0.25) is 0 Å². The highest BCUT2D eigenvalue weighted by Crippen LogP contribution is 2.19. The number of anilines is 1. The van der Waals surface area contributed by atoms with Crippen LogP contribution in [0, 0.1) is 0 Å². The summed E-state index contributed by atoms with van der Waals surface area (Å²) in [6.07, 6.45) is 0. The fraction of sp³-hybridized carbons (Fsp3) is 0.333. The molecule has 0 heterocycles. The maximum atomic E-state index is 8.78. The van der Waals surface area contributed by atoms with E-state index in [2.05, 4.69) is 25.1 Å². The van der Waals surface area contributed by atoms with Gasteiger partial charge in [-0.15, -0.1) is 0 Å². The van der Waals surface area contributed by atoms with Crippen molar-refractivity contribution in [1.29, 1.82) is 0 Å². The van der Waals surface area contributed by atoms with E-state index in [-0.39, 0.29) is 0 Å². The lowest BCUT2D eigenvalue weighted by molar-refractivity contribution is 0.539. The van der Waals surface area contributed by atoms with Gasteiger partial charge in [-0.3, -0.25) is 9.35 Å². The first kappa shape index (κ1) is 13.1. The number of hydrogen-bond acceptors (Lipinski definition) is 3. The molecule has 1 aromatic rings. The van der Waals surface area contributed by atoms with Crippen LogP contribution in [0.25, 0.3) is 0 Å². The number of nitrogens with two attached hydrogens (primary N) is 2. The third-order valence-electron chi connectivity index (χ3n) is 1.62. The largest absolute Gasteiger partial charge is 0.760 e. The molecule has 1 unspecified atom stereocenters. The lowest BCUT2D eigenvalue weighted by Crippen LogP contribution is -1.97. The van der Waals surface area contributed by atoms with Gasteiger partial charge in [0.15, 0.2) is 0 Å². The average molecular weight is 215 g/mol. The van der Waals surface area contributed by atoms with Crippen molar-refractivity contribution in [2.24, 2.45) is 5.14 Å². The van der Waals surface area contributed by atoms with Gasteiger partial charge >= 0.3 is 0 Å².